The highest BCUT2D eigenvalue weighted by Crippen LogP contribution is 2.42. The summed E-state index contributed by atoms with van der Waals surface area (Å²) in [5.41, 5.74) is 1.35. The third-order valence-electron chi connectivity index (χ3n) is 12.2. The van der Waals surface area contributed by atoms with E-state index in [0.29, 0.717) is 59.9 Å². The van der Waals surface area contributed by atoms with E-state index in [1.165, 1.54) is 28.7 Å². The minimum Gasteiger partial charge on any atom is -0.506 e. The molecule has 1 fully saturated rings. The average Bonchev–Trinajstić information content (AvgIpc) is 3.99. The molecule has 7 rings (SSSR count). The van der Waals surface area contributed by atoms with Crippen LogP contribution in [-0.4, -0.2) is 71.2 Å². The molecular weight excluding hydrogens is 805 g/mol. The Labute approximate surface area is 352 Å². The van der Waals surface area contributed by atoms with Gasteiger partial charge in [0.15, 0.2) is 13.9 Å². The van der Waals surface area contributed by atoms with E-state index in [1.54, 1.807) is 28.8 Å². The van der Waals surface area contributed by atoms with Gasteiger partial charge in [0.2, 0.25) is 11.2 Å². The molecule has 0 amide bonds. The first-order valence-electron chi connectivity index (χ1n) is 20.1. The summed E-state index contributed by atoms with van der Waals surface area (Å²) in [4.78, 5) is 44.8. The number of rotatable bonds is 15. The molecule has 0 radical (unpaired) electrons. The van der Waals surface area contributed by atoms with E-state index in [1.807, 2.05) is 47.2 Å². The molecule has 0 aliphatic heterocycles. The topological polar surface area (TPSA) is 159 Å². The van der Waals surface area contributed by atoms with Crippen LogP contribution in [0.1, 0.15) is 73.4 Å². The predicted octanol–water partition coefficient (Wildman–Crippen LogP) is 7.84. The maximum absolute atomic E-state index is 13.5. The fourth-order valence-corrected chi connectivity index (χ4v) is 10.6. The van der Waals surface area contributed by atoms with Crippen molar-refractivity contribution in [2.75, 3.05) is 20.1 Å². The Bertz CT molecular complexity index is 2460. The molecule has 314 valence electrons. The highest BCUT2D eigenvalue weighted by atomic mass is 32.1. The van der Waals surface area contributed by atoms with E-state index in [4.69, 9.17) is 13.6 Å². The lowest BCUT2D eigenvalue weighted by Crippen LogP contribution is -2.43. The Balaban J connectivity index is 0.957. The lowest BCUT2D eigenvalue weighted by molar-refractivity contribution is -0.169. The summed E-state index contributed by atoms with van der Waals surface area (Å²) in [6.45, 7) is 13.0. The van der Waals surface area contributed by atoms with Gasteiger partial charge in [0.05, 0.1) is 26.9 Å². The molecular formula is C44H54N4O8S2Si. The van der Waals surface area contributed by atoms with Gasteiger partial charge in [-0.3, -0.25) is 9.36 Å². The number of nitrogens with one attached hydrogen (secondary N) is 2. The monoisotopic (exact) mass is 858 g/mol. The van der Waals surface area contributed by atoms with E-state index in [-0.39, 0.29) is 34.6 Å². The molecule has 4 heterocycles. The van der Waals surface area contributed by atoms with Crippen molar-refractivity contribution in [2.45, 2.75) is 102 Å². The number of aromatic nitrogens is 2. The number of aromatic hydroxyl groups is 1. The number of pyridine rings is 1. The molecule has 1 aliphatic carbocycles. The molecule has 59 heavy (non-hydrogen) atoms. The molecule has 2 aromatic carbocycles. The van der Waals surface area contributed by atoms with Gasteiger partial charge in [-0.1, -0.05) is 45.0 Å². The van der Waals surface area contributed by atoms with Gasteiger partial charge < -0.3 is 39.0 Å². The smallest absolute Gasteiger partial charge is 0.419 e. The number of carbonyl (C=O) groups is 1. The average molecular weight is 859 g/mol. The summed E-state index contributed by atoms with van der Waals surface area (Å²) < 4.78 is 20.3. The minimum absolute atomic E-state index is 0.00629. The molecule has 1 saturated carbocycles. The summed E-state index contributed by atoms with van der Waals surface area (Å²) in [5.74, 6) is -1.03. The highest BCUT2D eigenvalue weighted by Gasteiger charge is 2.45. The van der Waals surface area contributed by atoms with E-state index < -0.39 is 25.6 Å². The molecule has 0 bridgehead atoms. The van der Waals surface area contributed by atoms with Crippen LogP contribution in [-0.2, 0) is 32.6 Å². The zero-order chi connectivity index (χ0) is 42.1. The number of ether oxygens (including phenoxy) is 1. The van der Waals surface area contributed by atoms with Crippen LogP contribution in [0.15, 0.2) is 91.5 Å². The maximum atomic E-state index is 13.5. The summed E-state index contributed by atoms with van der Waals surface area (Å²) in [7, 11) is -0.190. The predicted molar refractivity (Wildman–Crippen MR) is 236 cm³/mol. The van der Waals surface area contributed by atoms with Gasteiger partial charge in [0.25, 0.3) is 0 Å². The maximum Gasteiger partial charge on any atom is 0.419 e. The van der Waals surface area contributed by atoms with Gasteiger partial charge >= 0.3 is 11.7 Å². The Hall–Kier alpha value is -4.35. The first-order valence-corrected chi connectivity index (χ1v) is 24.8. The lowest BCUT2D eigenvalue weighted by Gasteiger charge is -2.39. The summed E-state index contributed by atoms with van der Waals surface area (Å²) in [6.07, 6.45) is 2.39. The first kappa shape index (κ1) is 42.8. The van der Waals surface area contributed by atoms with Crippen molar-refractivity contribution < 1.29 is 28.6 Å². The number of hydrogen-bond donors (Lipinski definition) is 4. The molecule has 0 spiro atoms. The van der Waals surface area contributed by atoms with Crippen molar-refractivity contribution in [1.82, 2.24) is 19.8 Å². The second kappa shape index (κ2) is 17.3. The van der Waals surface area contributed by atoms with Crippen molar-refractivity contribution in [3.8, 4) is 5.75 Å². The quantitative estimate of drug-likeness (QED) is 0.0592. The van der Waals surface area contributed by atoms with Gasteiger partial charge in [0, 0.05) is 43.7 Å². The van der Waals surface area contributed by atoms with Crippen molar-refractivity contribution in [3.63, 3.8) is 0 Å². The number of phenolic OH excluding ortho intramolecular Hbond substituents is 1. The van der Waals surface area contributed by atoms with Crippen LogP contribution in [0.4, 0.5) is 0 Å². The molecule has 6 aromatic rings. The number of hydrogen-bond acceptors (Lipinski definition) is 12. The van der Waals surface area contributed by atoms with Crippen LogP contribution < -0.4 is 16.6 Å². The minimum atomic E-state index is -2.25. The van der Waals surface area contributed by atoms with E-state index >= 15 is 0 Å². The van der Waals surface area contributed by atoms with Gasteiger partial charge in [-0.05, 0) is 109 Å². The molecule has 4 aromatic heterocycles. The molecule has 1 atom stereocenters. The highest BCUT2D eigenvalue weighted by molar-refractivity contribution is 7.12. The van der Waals surface area contributed by atoms with Crippen LogP contribution in [0.2, 0.25) is 18.1 Å². The molecule has 0 unspecified atom stereocenters. The largest absolute Gasteiger partial charge is 0.506 e. The number of esters is 1. The third-order valence-corrected chi connectivity index (χ3v) is 18.6. The van der Waals surface area contributed by atoms with Crippen molar-refractivity contribution in [1.29, 1.82) is 0 Å². The van der Waals surface area contributed by atoms with E-state index in [9.17, 15) is 24.6 Å². The van der Waals surface area contributed by atoms with Crippen molar-refractivity contribution >= 4 is 59.0 Å². The Morgan fingerprint density at radius 3 is 2.36 bits per heavy atom. The number of benzene rings is 2. The Morgan fingerprint density at radius 2 is 1.71 bits per heavy atom. The first-order chi connectivity index (χ1) is 28.0. The molecule has 4 N–H and O–H groups in total. The van der Waals surface area contributed by atoms with Gasteiger partial charge in [-0.25, -0.2) is 9.59 Å². The number of H-pyrrole nitrogens is 1. The SMILES string of the molecule is CN(CCn1c(=O)oc2cc(CNC[C@H](O[Si](C)(C)C(C)(C)C)c3ccc(O)c4[nH]c(=O)ccc34)ccc21)[C@H]1CC[C@H](OC(=O)C(O)(c2cccs2)c2cccs2)CC1. The van der Waals surface area contributed by atoms with Crippen molar-refractivity contribution in [3.05, 3.63) is 119 Å². The Kier molecular flexibility index (Phi) is 12.6. The number of oxazole rings is 1. The molecule has 15 heteroatoms. The molecule has 1 aliphatic rings. The fourth-order valence-electron chi connectivity index (χ4n) is 7.64. The van der Waals surface area contributed by atoms with Crippen LogP contribution in [0.25, 0.3) is 22.0 Å². The van der Waals surface area contributed by atoms with Gasteiger partial charge in [0.1, 0.15) is 11.9 Å². The van der Waals surface area contributed by atoms with E-state index in [0.717, 1.165) is 34.9 Å². The number of aromatic amines is 1. The van der Waals surface area contributed by atoms with Crippen LogP contribution in [0.5, 0.6) is 5.75 Å². The zero-order valence-electron chi connectivity index (χ0n) is 34.4. The molecule has 0 saturated heterocycles. The van der Waals surface area contributed by atoms with Crippen molar-refractivity contribution in [2.24, 2.45) is 0 Å². The normalized spacial score (nSPS) is 17.2. The lowest BCUT2D eigenvalue weighted by atomic mass is 9.91. The number of fused-ring (bicyclic) bond motifs is 2. The number of phenols is 1. The standard InChI is InChI=1S/C44H54N4O8S2Si/c1-43(2,3)59(5,6)56-36(31-16-19-34(49)40-32(31)17-20-39(50)46-40)27-45-26-28-11-18-33-35(25-28)55-42(52)48(33)22-21-47(4)29-12-14-30(15-13-29)54-41(51)44(53,37-9-7-23-57-37)38-10-8-24-58-38/h7-11,16-20,23-25,29-30,36,45,49,53H,12-15,21-22,26-27H2,1-6H3,(H,46,50)/t29-,30-,36-/m0/s1. The number of carbonyl (C=O) groups excluding carboxylic acids is 1. The van der Waals surface area contributed by atoms with Crippen LogP contribution in [0.3, 0.4) is 0 Å². The number of nitrogens with zero attached hydrogens (tertiary/aromatic N) is 2. The van der Waals surface area contributed by atoms with Gasteiger partial charge in [-0.2, -0.15) is 0 Å². The summed E-state index contributed by atoms with van der Waals surface area (Å²) in [6, 6.07) is 19.9. The number of likely N-dealkylation sites (N-methyl/N-ethyl adjacent to an activating group) is 1. The van der Waals surface area contributed by atoms with Gasteiger partial charge in [-0.15, -0.1) is 22.7 Å². The number of thiophene rings is 2. The van der Waals surface area contributed by atoms with Crippen LogP contribution in [0, 0.1) is 0 Å². The summed E-state index contributed by atoms with van der Waals surface area (Å²) >= 11 is 2.67. The zero-order valence-corrected chi connectivity index (χ0v) is 37.1. The molecule has 12 nitrogen and oxygen atoms in total. The third kappa shape index (κ3) is 9.06. The second-order valence-electron chi connectivity index (χ2n) is 17.1. The fraction of sp³-hybridized carbons (Fsp3) is 0.432. The Morgan fingerprint density at radius 1 is 1.02 bits per heavy atom. The van der Waals surface area contributed by atoms with Crippen LogP contribution >= 0.6 is 22.7 Å². The van der Waals surface area contributed by atoms with E-state index in [2.05, 4.69) is 56.1 Å². The second-order valence-corrected chi connectivity index (χ2v) is 23.7. The number of aliphatic hydroxyl groups is 1. The summed E-state index contributed by atoms with van der Waals surface area (Å²) in [5, 5.41) is 30.1.